The summed E-state index contributed by atoms with van der Waals surface area (Å²) in [7, 11) is 0. The molecule has 1 aliphatic heterocycles. The van der Waals surface area contributed by atoms with Crippen molar-refractivity contribution in [3.05, 3.63) is 100 Å². The molecule has 1 N–H and O–H groups in total. The van der Waals surface area contributed by atoms with Crippen LogP contribution in [-0.2, 0) is 17.9 Å². The molecule has 1 aromatic heterocycles. The maximum atomic E-state index is 13.7. The molecule has 0 saturated carbocycles. The molecule has 0 spiro atoms. The van der Waals surface area contributed by atoms with Crippen molar-refractivity contribution in [2.45, 2.75) is 30.8 Å². The summed E-state index contributed by atoms with van der Waals surface area (Å²) >= 11 is 1.70. The van der Waals surface area contributed by atoms with Gasteiger partial charge in [-0.2, -0.15) is 0 Å². The fourth-order valence-electron chi connectivity index (χ4n) is 4.77. The van der Waals surface area contributed by atoms with Crippen molar-refractivity contribution in [3.8, 4) is 0 Å². The van der Waals surface area contributed by atoms with E-state index in [9.17, 15) is 9.59 Å². The zero-order chi connectivity index (χ0) is 24.9. The van der Waals surface area contributed by atoms with Gasteiger partial charge in [0.2, 0.25) is 5.91 Å². The molecule has 0 bridgehead atoms. The van der Waals surface area contributed by atoms with Crippen LogP contribution in [0.3, 0.4) is 0 Å². The van der Waals surface area contributed by atoms with E-state index in [0.29, 0.717) is 32.0 Å². The zero-order valence-electron chi connectivity index (χ0n) is 20.4. The highest BCUT2D eigenvalue weighted by molar-refractivity contribution is 7.98. The number of nitrogens with one attached hydrogen (secondary N) is 1. The SMILES string of the molecule is CSc1ccc(CNC(=O)[C@@H]2CCCN(c3nc4ccccc4n(Cc4ccccc4)c3=O)C2)cc1. The Morgan fingerprint density at radius 3 is 2.53 bits per heavy atom. The molecule has 1 fully saturated rings. The van der Waals surface area contributed by atoms with Crippen LogP contribution in [0.25, 0.3) is 11.0 Å². The Morgan fingerprint density at radius 1 is 1.00 bits per heavy atom. The molecular weight excluding hydrogens is 468 g/mol. The Labute approximate surface area is 215 Å². The highest BCUT2D eigenvalue weighted by Crippen LogP contribution is 2.23. The summed E-state index contributed by atoms with van der Waals surface area (Å²) < 4.78 is 1.80. The van der Waals surface area contributed by atoms with Gasteiger partial charge in [-0.3, -0.25) is 14.2 Å². The molecule has 1 atom stereocenters. The highest BCUT2D eigenvalue weighted by Gasteiger charge is 2.28. The second-order valence-corrected chi connectivity index (χ2v) is 10.0. The number of carbonyl (C=O) groups excluding carboxylic acids is 1. The number of nitrogens with zero attached hydrogens (tertiary/aromatic N) is 3. The van der Waals surface area contributed by atoms with Crippen LogP contribution >= 0.6 is 11.8 Å². The first-order chi connectivity index (χ1) is 17.6. The lowest BCUT2D eigenvalue weighted by Crippen LogP contribution is -2.45. The van der Waals surface area contributed by atoms with Crippen molar-refractivity contribution in [2.75, 3.05) is 24.2 Å². The average molecular weight is 499 g/mol. The molecule has 0 radical (unpaired) electrons. The Bertz CT molecular complexity index is 1400. The number of aromatic nitrogens is 2. The maximum absolute atomic E-state index is 13.7. The zero-order valence-corrected chi connectivity index (χ0v) is 21.2. The van der Waals surface area contributed by atoms with Gasteiger partial charge in [0.05, 0.1) is 23.5 Å². The van der Waals surface area contributed by atoms with E-state index in [1.807, 2.05) is 77.9 Å². The van der Waals surface area contributed by atoms with Crippen LogP contribution in [0.4, 0.5) is 5.82 Å². The van der Waals surface area contributed by atoms with E-state index < -0.39 is 0 Å². The Kier molecular flexibility index (Phi) is 7.37. The number of amides is 1. The third-order valence-electron chi connectivity index (χ3n) is 6.74. The quantitative estimate of drug-likeness (QED) is 0.374. The van der Waals surface area contributed by atoms with Gasteiger partial charge >= 0.3 is 0 Å². The molecule has 3 aromatic carbocycles. The van der Waals surface area contributed by atoms with E-state index >= 15 is 0 Å². The van der Waals surface area contributed by atoms with Gasteiger partial charge in [0, 0.05) is 24.5 Å². The molecule has 1 aliphatic rings. The van der Waals surface area contributed by atoms with E-state index in [2.05, 4.69) is 17.4 Å². The molecule has 1 saturated heterocycles. The van der Waals surface area contributed by atoms with Crippen LogP contribution in [0.5, 0.6) is 0 Å². The van der Waals surface area contributed by atoms with Crippen LogP contribution in [-0.4, -0.2) is 34.8 Å². The van der Waals surface area contributed by atoms with E-state index in [1.165, 1.54) is 4.90 Å². The molecule has 5 rings (SSSR count). The van der Waals surface area contributed by atoms with Crippen LogP contribution in [0.1, 0.15) is 24.0 Å². The van der Waals surface area contributed by atoms with Crippen molar-refractivity contribution in [2.24, 2.45) is 5.92 Å². The molecular formula is C29H30N4O2S. The third kappa shape index (κ3) is 5.31. The summed E-state index contributed by atoms with van der Waals surface area (Å²) in [6, 6.07) is 26.0. The van der Waals surface area contributed by atoms with Crippen LogP contribution in [0.2, 0.25) is 0 Å². The van der Waals surface area contributed by atoms with E-state index in [4.69, 9.17) is 4.98 Å². The summed E-state index contributed by atoms with van der Waals surface area (Å²) in [5, 5.41) is 3.09. The minimum absolute atomic E-state index is 0.0269. The first kappa shape index (κ1) is 24.1. The highest BCUT2D eigenvalue weighted by atomic mass is 32.2. The van der Waals surface area contributed by atoms with E-state index in [0.717, 1.165) is 35.0 Å². The number of hydrogen-bond donors (Lipinski definition) is 1. The fourth-order valence-corrected chi connectivity index (χ4v) is 5.18. The molecule has 36 heavy (non-hydrogen) atoms. The third-order valence-corrected chi connectivity index (χ3v) is 7.48. The molecule has 7 heteroatoms. The van der Waals surface area contributed by atoms with Gasteiger partial charge < -0.3 is 10.2 Å². The summed E-state index contributed by atoms with van der Waals surface area (Å²) in [5.41, 5.74) is 3.61. The summed E-state index contributed by atoms with van der Waals surface area (Å²) in [4.78, 5) is 34.7. The fraction of sp³-hybridized carbons (Fsp3) is 0.276. The summed E-state index contributed by atoms with van der Waals surface area (Å²) in [6.07, 6.45) is 3.69. The number of hydrogen-bond acceptors (Lipinski definition) is 5. The second-order valence-electron chi connectivity index (χ2n) is 9.15. The van der Waals surface area contributed by atoms with Crippen molar-refractivity contribution in [1.29, 1.82) is 0 Å². The Balaban J connectivity index is 1.36. The molecule has 0 unspecified atom stereocenters. The monoisotopic (exact) mass is 498 g/mol. The summed E-state index contributed by atoms with van der Waals surface area (Å²) in [5.74, 6) is 0.272. The van der Waals surface area contributed by atoms with Gasteiger partial charge in [-0.25, -0.2) is 4.98 Å². The molecule has 4 aromatic rings. The number of anilines is 1. The number of para-hydroxylation sites is 2. The number of carbonyl (C=O) groups is 1. The van der Waals surface area contributed by atoms with E-state index in [-0.39, 0.29) is 17.4 Å². The molecule has 6 nitrogen and oxygen atoms in total. The van der Waals surface area contributed by atoms with E-state index in [1.54, 1.807) is 16.3 Å². The van der Waals surface area contributed by atoms with Crippen molar-refractivity contribution >= 4 is 34.5 Å². The van der Waals surface area contributed by atoms with Crippen molar-refractivity contribution < 1.29 is 4.79 Å². The van der Waals surface area contributed by atoms with Crippen LogP contribution in [0, 0.1) is 5.92 Å². The second kappa shape index (κ2) is 11.0. The number of piperidine rings is 1. The van der Waals surface area contributed by atoms with Gasteiger partial charge in [-0.15, -0.1) is 11.8 Å². The first-order valence-electron chi connectivity index (χ1n) is 12.3. The average Bonchev–Trinajstić information content (AvgIpc) is 2.94. The number of rotatable bonds is 7. The van der Waals surface area contributed by atoms with Gasteiger partial charge in [-0.05, 0) is 54.5 Å². The van der Waals surface area contributed by atoms with Gasteiger partial charge in [0.15, 0.2) is 5.82 Å². The minimum atomic E-state index is -0.181. The Hall–Kier alpha value is -3.58. The van der Waals surface area contributed by atoms with Gasteiger partial charge in [0.25, 0.3) is 5.56 Å². The van der Waals surface area contributed by atoms with Crippen molar-refractivity contribution in [3.63, 3.8) is 0 Å². The van der Waals surface area contributed by atoms with Crippen molar-refractivity contribution in [1.82, 2.24) is 14.9 Å². The normalized spacial score (nSPS) is 15.7. The maximum Gasteiger partial charge on any atom is 0.294 e. The van der Waals surface area contributed by atoms with Gasteiger partial charge in [-0.1, -0.05) is 54.6 Å². The molecule has 2 heterocycles. The molecule has 184 valence electrons. The largest absolute Gasteiger partial charge is 0.352 e. The predicted molar refractivity (Wildman–Crippen MR) is 147 cm³/mol. The van der Waals surface area contributed by atoms with Gasteiger partial charge in [0.1, 0.15) is 0 Å². The standard InChI is InChI=1S/C29H30N4O2S/c1-36-24-15-13-21(14-16-24)18-30-28(34)23-10-7-17-32(20-23)27-29(35)33(19-22-8-3-2-4-9-22)26-12-6-5-11-25(26)31-27/h2-6,8-9,11-16,23H,7,10,17-20H2,1H3,(H,30,34)/t23-/m1/s1. The number of benzene rings is 3. The molecule has 0 aliphatic carbocycles. The predicted octanol–water partition coefficient (Wildman–Crippen LogP) is 4.70. The lowest BCUT2D eigenvalue weighted by Gasteiger charge is -2.32. The lowest BCUT2D eigenvalue weighted by atomic mass is 9.97. The number of fused-ring (bicyclic) bond motifs is 1. The van der Waals surface area contributed by atoms with Crippen LogP contribution in [0.15, 0.2) is 88.6 Å². The Morgan fingerprint density at radius 2 is 1.75 bits per heavy atom. The molecule has 1 amide bonds. The minimum Gasteiger partial charge on any atom is -0.352 e. The topological polar surface area (TPSA) is 67.2 Å². The van der Waals surface area contributed by atoms with Crippen LogP contribution < -0.4 is 15.8 Å². The summed E-state index contributed by atoms with van der Waals surface area (Å²) in [6.45, 7) is 2.18. The number of thioether (sulfide) groups is 1. The lowest BCUT2D eigenvalue weighted by molar-refractivity contribution is -0.125. The first-order valence-corrected chi connectivity index (χ1v) is 13.5. The smallest absolute Gasteiger partial charge is 0.294 e.